The van der Waals surface area contributed by atoms with Gasteiger partial charge < -0.3 is 26.0 Å². The molecule has 2 aromatic carbocycles. The molecule has 0 aromatic heterocycles. The van der Waals surface area contributed by atoms with Crippen molar-refractivity contribution in [1.29, 1.82) is 0 Å². The van der Waals surface area contributed by atoms with Crippen molar-refractivity contribution in [2.45, 2.75) is 75.3 Å². The Kier molecular flexibility index (Phi) is 13.8. The van der Waals surface area contributed by atoms with Crippen LogP contribution in [0.15, 0.2) is 48.5 Å². The predicted octanol–water partition coefficient (Wildman–Crippen LogP) is 3.56. The van der Waals surface area contributed by atoms with Crippen molar-refractivity contribution in [1.82, 2.24) is 25.8 Å². The summed E-state index contributed by atoms with van der Waals surface area (Å²) in [7, 11) is 3.40. The SMILES string of the molecule is CCCC1CN(C(Cc2ccc(Cl)cc2)C(=O)NC)CCN1C(=O)C(Cc1ccc(F)cc1)NC(=O)C1(NC)CC1.O=C(O)C(F)(F)F. The molecule has 3 amide bonds. The maximum atomic E-state index is 14.1. The summed E-state index contributed by atoms with van der Waals surface area (Å²) >= 11 is 6.06. The highest BCUT2D eigenvalue weighted by molar-refractivity contribution is 6.30. The Morgan fingerprint density at radius 1 is 0.979 bits per heavy atom. The number of hydrogen-bond donors (Lipinski definition) is 4. The summed E-state index contributed by atoms with van der Waals surface area (Å²) in [5, 5.41) is 16.7. The zero-order chi connectivity index (χ0) is 35.6. The van der Waals surface area contributed by atoms with Gasteiger partial charge in [-0.05, 0) is 68.1 Å². The number of nitrogens with zero attached hydrogens (tertiary/aromatic N) is 2. The van der Waals surface area contributed by atoms with E-state index in [1.165, 1.54) is 12.1 Å². The molecule has 4 rings (SSSR count). The highest BCUT2D eigenvalue weighted by Crippen LogP contribution is 2.35. The number of benzene rings is 2. The van der Waals surface area contributed by atoms with Crippen molar-refractivity contribution in [3.8, 4) is 0 Å². The fourth-order valence-corrected chi connectivity index (χ4v) is 5.83. The lowest BCUT2D eigenvalue weighted by atomic mass is 9.98. The number of carboxylic acids is 1. The van der Waals surface area contributed by atoms with Gasteiger partial charge in [-0.15, -0.1) is 0 Å². The van der Waals surface area contributed by atoms with Gasteiger partial charge >= 0.3 is 12.1 Å². The van der Waals surface area contributed by atoms with E-state index in [1.807, 2.05) is 29.2 Å². The molecule has 2 fully saturated rings. The molecule has 15 heteroatoms. The van der Waals surface area contributed by atoms with Gasteiger partial charge in [-0.3, -0.25) is 19.3 Å². The Balaban J connectivity index is 0.000000804. The van der Waals surface area contributed by atoms with Crippen molar-refractivity contribution < 1.29 is 41.8 Å². The molecule has 1 heterocycles. The fourth-order valence-electron chi connectivity index (χ4n) is 5.70. The summed E-state index contributed by atoms with van der Waals surface area (Å²) in [6.45, 7) is 3.58. The van der Waals surface area contributed by atoms with Gasteiger partial charge in [0.1, 0.15) is 11.9 Å². The summed E-state index contributed by atoms with van der Waals surface area (Å²) in [6, 6.07) is 12.3. The Bertz CT molecular complexity index is 1410. The molecule has 3 atom stereocenters. The minimum absolute atomic E-state index is 0.0711. The highest BCUT2D eigenvalue weighted by Gasteiger charge is 2.50. The van der Waals surface area contributed by atoms with Crippen LogP contribution in [0.3, 0.4) is 0 Å². The minimum atomic E-state index is -5.08. The average Bonchev–Trinajstić information content (AvgIpc) is 3.86. The molecule has 1 saturated heterocycles. The van der Waals surface area contributed by atoms with Crippen LogP contribution in [-0.4, -0.2) is 102 Å². The Morgan fingerprint density at radius 2 is 1.54 bits per heavy atom. The van der Waals surface area contributed by atoms with Gasteiger partial charge in [-0.1, -0.05) is 49.2 Å². The quantitative estimate of drug-likeness (QED) is 0.249. The molecule has 3 unspecified atom stereocenters. The molecule has 10 nitrogen and oxygen atoms in total. The molecule has 2 aliphatic rings. The van der Waals surface area contributed by atoms with Crippen molar-refractivity contribution in [2.24, 2.45) is 0 Å². The van der Waals surface area contributed by atoms with Crippen LogP contribution in [0.4, 0.5) is 17.6 Å². The number of amides is 3. The van der Waals surface area contributed by atoms with Crippen LogP contribution in [0.2, 0.25) is 5.02 Å². The van der Waals surface area contributed by atoms with Gasteiger partial charge in [0.25, 0.3) is 0 Å². The number of likely N-dealkylation sites (N-methyl/N-ethyl adjacent to an activating group) is 2. The lowest BCUT2D eigenvalue weighted by Gasteiger charge is -2.45. The first kappa shape index (κ1) is 38.7. The Labute approximate surface area is 282 Å². The van der Waals surface area contributed by atoms with Gasteiger partial charge in [0.15, 0.2) is 0 Å². The van der Waals surface area contributed by atoms with Crippen LogP contribution in [-0.2, 0) is 32.0 Å². The predicted molar refractivity (Wildman–Crippen MR) is 172 cm³/mol. The number of aliphatic carboxylic acids is 1. The standard InChI is InChI=1S/C31H41ClFN5O3.C2HF3O2/c1-4-5-25-20-37(27(28(39)34-2)19-22-6-10-23(32)11-7-22)16-17-38(25)29(40)26(18-21-8-12-24(33)13-9-21)36-30(41)31(35-3)14-15-31;3-2(4,5)1(6)7/h6-13,25-27,35H,4-5,14-20H2,1-3H3,(H,34,39)(H,36,41);(H,6,7). The molecule has 0 radical (unpaired) electrons. The lowest BCUT2D eigenvalue weighted by molar-refractivity contribution is -0.192. The van der Waals surface area contributed by atoms with Crippen LogP contribution < -0.4 is 16.0 Å². The number of piperazine rings is 1. The van der Waals surface area contributed by atoms with E-state index in [0.717, 1.165) is 36.8 Å². The number of alkyl halides is 3. The third-order valence-corrected chi connectivity index (χ3v) is 8.87. The van der Waals surface area contributed by atoms with Crippen molar-refractivity contribution in [2.75, 3.05) is 33.7 Å². The Hall–Kier alpha value is -3.75. The van der Waals surface area contributed by atoms with Crippen LogP contribution in [0.25, 0.3) is 0 Å². The van der Waals surface area contributed by atoms with Crippen LogP contribution in [0, 0.1) is 5.82 Å². The van der Waals surface area contributed by atoms with Crippen molar-refractivity contribution in [3.63, 3.8) is 0 Å². The highest BCUT2D eigenvalue weighted by atomic mass is 35.5. The summed E-state index contributed by atoms with van der Waals surface area (Å²) in [5.41, 5.74) is 1.15. The van der Waals surface area contributed by atoms with E-state index in [-0.39, 0.29) is 36.0 Å². The largest absolute Gasteiger partial charge is 0.490 e. The molecule has 4 N–H and O–H groups in total. The van der Waals surface area contributed by atoms with Gasteiger partial charge in [0, 0.05) is 44.2 Å². The first-order valence-electron chi connectivity index (χ1n) is 15.7. The zero-order valence-corrected chi connectivity index (χ0v) is 27.8. The molecule has 48 heavy (non-hydrogen) atoms. The Morgan fingerprint density at radius 3 is 2.04 bits per heavy atom. The van der Waals surface area contributed by atoms with E-state index >= 15 is 0 Å². The van der Waals surface area contributed by atoms with E-state index in [9.17, 15) is 31.9 Å². The number of rotatable bonds is 12. The van der Waals surface area contributed by atoms with Crippen LogP contribution >= 0.6 is 11.6 Å². The second-order valence-electron chi connectivity index (χ2n) is 11.9. The number of carbonyl (C=O) groups excluding carboxylic acids is 3. The molecule has 2 aromatic rings. The van der Waals surface area contributed by atoms with Crippen molar-refractivity contribution >= 4 is 35.3 Å². The molecule has 1 aliphatic carbocycles. The third-order valence-electron chi connectivity index (χ3n) is 8.61. The van der Waals surface area contributed by atoms with E-state index < -0.39 is 29.8 Å². The minimum Gasteiger partial charge on any atom is -0.475 e. The summed E-state index contributed by atoms with van der Waals surface area (Å²) in [6.07, 6.45) is -1.22. The third kappa shape index (κ3) is 10.6. The molecule has 1 aliphatic heterocycles. The molecular formula is C33H42ClF4N5O5. The van der Waals surface area contributed by atoms with Crippen molar-refractivity contribution in [3.05, 3.63) is 70.5 Å². The number of halogens is 5. The summed E-state index contributed by atoms with van der Waals surface area (Å²) in [5.74, 6) is -3.52. The number of nitrogens with one attached hydrogen (secondary N) is 3. The molecular weight excluding hydrogens is 658 g/mol. The van der Waals surface area contributed by atoms with E-state index in [0.29, 0.717) is 31.1 Å². The maximum absolute atomic E-state index is 14.1. The molecule has 0 bridgehead atoms. The molecule has 1 saturated carbocycles. The van der Waals surface area contributed by atoms with E-state index in [1.54, 1.807) is 26.2 Å². The second kappa shape index (κ2) is 17.1. The molecule has 264 valence electrons. The summed E-state index contributed by atoms with van der Waals surface area (Å²) < 4.78 is 45.3. The van der Waals surface area contributed by atoms with Gasteiger partial charge in [-0.25, -0.2) is 9.18 Å². The van der Waals surface area contributed by atoms with Gasteiger partial charge in [0.05, 0.1) is 11.6 Å². The van der Waals surface area contributed by atoms with E-state index in [2.05, 4.69) is 27.8 Å². The number of hydrogen-bond acceptors (Lipinski definition) is 6. The van der Waals surface area contributed by atoms with Gasteiger partial charge in [-0.2, -0.15) is 13.2 Å². The number of carboxylic acid groups (broad SMARTS) is 1. The lowest BCUT2D eigenvalue weighted by Crippen LogP contribution is -2.63. The maximum Gasteiger partial charge on any atom is 0.490 e. The normalized spacial score (nSPS) is 18.5. The fraction of sp³-hybridized carbons (Fsp3) is 0.515. The number of carbonyl (C=O) groups is 4. The summed E-state index contributed by atoms with van der Waals surface area (Å²) in [4.78, 5) is 53.2. The first-order valence-corrected chi connectivity index (χ1v) is 16.1. The smallest absolute Gasteiger partial charge is 0.475 e. The van der Waals surface area contributed by atoms with E-state index in [4.69, 9.17) is 21.5 Å². The second-order valence-corrected chi connectivity index (χ2v) is 12.4. The monoisotopic (exact) mass is 699 g/mol. The zero-order valence-electron chi connectivity index (χ0n) is 27.1. The topological polar surface area (TPSA) is 131 Å². The first-order chi connectivity index (χ1) is 22.6. The van der Waals surface area contributed by atoms with Crippen LogP contribution in [0.5, 0.6) is 0 Å². The van der Waals surface area contributed by atoms with Crippen LogP contribution in [0.1, 0.15) is 43.7 Å². The molecule has 0 spiro atoms. The average molecular weight is 700 g/mol. The van der Waals surface area contributed by atoms with Gasteiger partial charge in [0.2, 0.25) is 17.7 Å².